The van der Waals surface area contributed by atoms with Crippen molar-refractivity contribution in [2.45, 2.75) is 38.6 Å². The van der Waals surface area contributed by atoms with Crippen LogP contribution in [0.4, 0.5) is 5.82 Å². The molecule has 1 aromatic heterocycles. The van der Waals surface area contributed by atoms with E-state index in [4.69, 9.17) is 0 Å². The molecule has 3 heteroatoms. The number of aromatic nitrogens is 1. The Morgan fingerprint density at radius 2 is 1.94 bits per heavy atom. The van der Waals surface area contributed by atoms with Crippen molar-refractivity contribution in [1.29, 1.82) is 0 Å². The first kappa shape index (κ1) is 12.4. The van der Waals surface area contributed by atoms with E-state index in [0.29, 0.717) is 6.04 Å². The zero-order chi connectivity index (χ0) is 12.1. The second-order valence-electron chi connectivity index (χ2n) is 4.86. The Kier molecular flexibility index (Phi) is 4.37. The van der Waals surface area contributed by atoms with Crippen LogP contribution in [0.3, 0.4) is 0 Å². The summed E-state index contributed by atoms with van der Waals surface area (Å²) < 4.78 is 0. The second kappa shape index (κ2) is 6.01. The van der Waals surface area contributed by atoms with Crippen LogP contribution in [-0.2, 0) is 0 Å². The third kappa shape index (κ3) is 3.19. The van der Waals surface area contributed by atoms with Gasteiger partial charge < -0.3 is 10.2 Å². The Bertz CT molecular complexity index is 343. The maximum Gasteiger partial charge on any atom is 0.128 e. The molecule has 1 aliphatic rings. The van der Waals surface area contributed by atoms with E-state index in [-0.39, 0.29) is 0 Å². The maximum absolute atomic E-state index is 4.52. The molecule has 1 unspecified atom stereocenters. The summed E-state index contributed by atoms with van der Waals surface area (Å²) in [7, 11) is 2.00. The summed E-state index contributed by atoms with van der Waals surface area (Å²) in [5.74, 6) is 1.14. The third-order valence-electron chi connectivity index (χ3n) is 3.63. The molecule has 17 heavy (non-hydrogen) atoms. The Morgan fingerprint density at radius 1 is 1.24 bits per heavy atom. The number of hydrogen-bond donors (Lipinski definition) is 1. The summed E-state index contributed by atoms with van der Waals surface area (Å²) in [5, 5.41) is 3.28. The predicted molar refractivity (Wildman–Crippen MR) is 72.4 cm³/mol. The molecule has 0 bridgehead atoms. The van der Waals surface area contributed by atoms with Crippen molar-refractivity contribution in [3.63, 3.8) is 0 Å². The van der Waals surface area contributed by atoms with Crippen LogP contribution < -0.4 is 10.2 Å². The Balaban J connectivity index is 2.13. The average Bonchev–Trinajstić information content (AvgIpc) is 2.67. The van der Waals surface area contributed by atoms with Gasteiger partial charge in [-0.3, -0.25) is 0 Å². The number of anilines is 1. The van der Waals surface area contributed by atoms with E-state index < -0.39 is 0 Å². The van der Waals surface area contributed by atoms with Gasteiger partial charge in [-0.1, -0.05) is 12.8 Å². The molecular weight excluding hydrogens is 210 g/mol. The van der Waals surface area contributed by atoms with Crippen molar-refractivity contribution in [3.05, 3.63) is 23.9 Å². The van der Waals surface area contributed by atoms with Crippen LogP contribution in [0.1, 0.15) is 44.2 Å². The van der Waals surface area contributed by atoms with E-state index in [1.54, 1.807) is 0 Å². The molecule has 0 aromatic carbocycles. The molecule has 2 heterocycles. The predicted octanol–water partition coefficient (Wildman–Crippen LogP) is 2.74. The van der Waals surface area contributed by atoms with Crippen molar-refractivity contribution in [3.8, 4) is 0 Å². The Hall–Kier alpha value is -1.09. The number of nitrogens with one attached hydrogen (secondary N) is 1. The van der Waals surface area contributed by atoms with Gasteiger partial charge in [0, 0.05) is 25.3 Å². The van der Waals surface area contributed by atoms with Gasteiger partial charge in [0.2, 0.25) is 0 Å². The van der Waals surface area contributed by atoms with Crippen molar-refractivity contribution in [2.24, 2.45) is 0 Å². The molecule has 1 aliphatic heterocycles. The van der Waals surface area contributed by atoms with Crippen LogP contribution >= 0.6 is 0 Å². The summed E-state index contributed by atoms with van der Waals surface area (Å²) >= 11 is 0. The summed E-state index contributed by atoms with van der Waals surface area (Å²) in [6.45, 7) is 4.50. The van der Waals surface area contributed by atoms with Crippen LogP contribution in [0.15, 0.2) is 18.3 Å². The van der Waals surface area contributed by atoms with Gasteiger partial charge in [-0.15, -0.1) is 0 Å². The number of nitrogens with zero attached hydrogens (tertiary/aromatic N) is 2. The van der Waals surface area contributed by atoms with Crippen molar-refractivity contribution >= 4 is 5.82 Å². The fourth-order valence-electron chi connectivity index (χ4n) is 2.34. The SMILES string of the molecule is CNC(C)c1ccnc(N2CCCCCC2)c1. The van der Waals surface area contributed by atoms with E-state index in [2.05, 4.69) is 34.3 Å². The lowest BCUT2D eigenvalue weighted by Gasteiger charge is -2.22. The monoisotopic (exact) mass is 233 g/mol. The van der Waals surface area contributed by atoms with E-state index in [0.717, 1.165) is 18.9 Å². The quantitative estimate of drug-likeness (QED) is 0.870. The van der Waals surface area contributed by atoms with Gasteiger partial charge in [-0.2, -0.15) is 0 Å². The molecule has 1 saturated heterocycles. The van der Waals surface area contributed by atoms with Gasteiger partial charge in [0.1, 0.15) is 5.82 Å². The summed E-state index contributed by atoms with van der Waals surface area (Å²) in [6.07, 6.45) is 7.26. The molecule has 0 amide bonds. The highest BCUT2D eigenvalue weighted by molar-refractivity contribution is 5.41. The fraction of sp³-hybridized carbons (Fsp3) is 0.643. The Morgan fingerprint density at radius 3 is 2.59 bits per heavy atom. The first-order chi connectivity index (χ1) is 8.31. The zero-order valence-electron chi connectivity index (χ0n) is 10.9. The summed E-state index contributed by atoms with van der Waals surface area (Å²) in [4.78, 5) is 6.95. The smallest absolute Gasteiger partial charge is 0.128 e. The molecule has 2 rings (SSSR count). The molecule has 0 spiro atoms. The first-order valence-electron chi connectivity index (χ1n) is 6.69. The van der Waals surface area contributed by atoms with Crippen LogP contribution in [-0.4, -0.2) is 25.1 Å². The number of pyridine rings is 1. The van der Waals surface area contributed by atoms with E-state index in [9.17, 15) is 0 Å². The lowest BCUT2D eigenvalue weighted by Crippen LogP contribution is -2.25. The molecule has 1 atom stereocenters. The molecule has 0 saturated carbocycles. The number of rotatable bonds is 3. The Labute approximate surface area is 104 Å². The molecule has 0 radical (unpaired) electrons. The highest BCUT2D eigenvalue weighted by Gasteiger charge is 2.12. The van der Waals surface area contributed by atoms with Gasteiger partial charge in [-0.25, -0.2) is 4.98 Å². The van der Waals surface area contributed by atoms with Crippen LogP contribution in [0.25, 0.3) is 0 Å². The molecule has 1 aromatic rings. The van der Waals surface area contributed by atoms with E-state index in [1.807, 2.05) is 13.2 Å². The van der Waals surface area contributed by atoms with Gasteiger partial charge >= 0.3 is 0 Å². The summed E-state index contributed by atoms with van der Waals surface area (Å²) in [5.41, 5.74) is 1.32. The van der Waals surface area contributed by atoms with E-state index in [1.165, 1.54) is 31.2 Å². The highest BCUT2D eigenvalue weighted by Crippen LogP contribution is 2.20. The molecule has 3 nitrogen and oxygen atoms in total. The zero-order valence-corrected chi connectivity index (χ0v) is 10.9. The van der Waals surface area contributed by atoms with Gasteiger partial charge in [0.15, 0.2) is 0 Å². The standard InChI is InChI=1S/C14H23N3/c1-12(15-2)13-7-8-16-14(11-13)17-9-5-3-4-6-10-17/h7-8,11-12,15H,3-6,9-10H2,1-2H3. The van der Waals surface area contributed by atoms with Crippen LogP contribution in [0, 0.1) is 0 Å². The fourth-order valence-corrected chi connectivity index (χ4v) is 2.34. The first-order valence-corrected chi connectivity index (χ1v) is 6.69. The molecular formula is C14H23N3. The third-order valence-corrected chi connectivity index (χ3v) is 3.63. The molecule has 1 fully saturated rings. The highest BCUT2D eigenvalue weighted by atomic mass is 15.2. The van der Waals surface area contributed by atoms with E-state index >= 15 is 0 Å². The molecule has 94 valence electrons. The van der Waals surface area contributed by atoms with Gasteiger partial charge in [0.25, 0.3) is 0 Å². The molecule has 0 aliphatic carbocycles. The number of hydrogen-bond acceptors (Lipinski definition) is 3. The largest absolute Gasteiger partial charge is 0.357 e. The minimum absolute atomic E-state index is 0.392. The van der Waals surface area contributed by atoms with Crippen LogP contribution in [0.5, 0.6) is 0 Å². The minimum Gasteiger partial charge on any atom is -0.357 e. The lowest BCUT2D eigenvalue weighted by atomic mass is 10.1. The lowest BCUT2D eigenvalue weighted by molar-refractivity contribution is 0.650. The van der Waals surface area contributed by atoms with Crippen molar-refractivity contribution in [2.75, 3.05) is 25.0 Å². The minimum atomic E-state index is 0.392. The topological polar surface area (TPSA) is 28.2 Å². The van der Waals surface area contributed by atoms with Crippen molar-refractivity contribution < 1.29 is 0 Å². The second-order valence-corrected chi connectivity index (χ2v) is 4.86. The van der Waals surface area contributed by atoms with Gasteiger partial charge in [-0.05, 0) is 44.5 Å². The van der Waals surface area contributed by atoms with Crippen molar-refractivity contribution in [1.82, 2.24) is 10.3 Å². The average molecular weight is 233 g/mol. The summed E-state index contributed by atoms with van der Waals surface area (Å²) in [6, 6.07) is 4.72. The van der Waals surface area contributed by atoms with Gasteiger partial charge in [0.05, 0.1) is 0 Å². The molecule has 1 N–H and O–H groups in total. The maximum atomic E-state index is 4.52. The normalized spacial score (nSPS) is 18.8. The van der Waals surface area contributed by atoms with Crippen LogP contribution in [0.2, 0.25) is 0 Å².